The van der Waals surface area contributed by atoms with E-state index in [-0.39, 0.29) is 30.7 Å². The summed E-state index contributed by atoms with van der Waals surface area (Å²) in [6.45, 7) is 7.25. The Bertz CT molecular complexity index is 278. The van der Waals surface area contributed by atoms with Gasteiger partial charge in [-0.2, -0.15) is 0 Å². The Morgan fingerprint density at radius 1 is 1.15 bits per heavy atom. The number of carbonyl (C=O) groups excluding carboxylic acids is 1. The number of hydrogen-bond acceptors (Lipinski definition) is 3. The molecule has 0 aliphatic carbocycles. The first kappa shape index (κ1) is 20.0. The normalized spacial score (nSPS) is 22.0. The maximum Gasteiger partial charge on any atom is 0.226 e. The zero-order valence-corrected chi connectivity index (χ0v) is 14.3. The van der Waals surface area contributed by atoms with E-state index >= 15 is 0 Å². The van der Waals surface area contributed by atoms with Crippen LogP contribution >= 0.6 is 24.8 Å². The molecule has 2 heterocycles. The SMILES string of the molecule is CNCC(C)C(=O)N1CCC(N2CCCC2)CC1.Cl.Cl. The fraction of sp³-hybridized carbons (Fsp3) is 0.929. The lowest BCUT2D eigenvalue weighted by atomic mass is 10.0. The van der Waals surface area contributed by atoms with Crippen LogP contribution in [0.25, 0.3) is 0 Å². The lowest BCUT2D eigenvalue weighted by Crippen LogP contribution is -2.48. The number of hydrogen-bond donors (Lipinski definition) is 1. The van der Waals surface area contributed by atoms with Crippen molar-refractivity contribution in [2.75, 3.05) is 39.8 Å². The zero-order chi connectivity index (χ0) is 13.0. The highest BCUT2D eigenvalue weighted by Crippen LogP contribution is 2.21. The van der Waals surface area contributed by atoms with E-state index in [4.69, 9.17) is 0 Å². The van der Waals surface area contributed by atoms with Gasteiger partial charge in [0.05, 0.1) is 0 Å². The molecule has 2 fully saturated rings. The second-order valence-corrected chi connectivity index (χ2v) is 5.76. The second-order valence-electron chi connectivity index (χ2n) is 5.76. The topological polar surface area (TPSA) is 35.6 Å². The summed E-state index contributed by atoms with van der Waals surface area (Å²) < 4.78 is 0. The molecule has 0 radical (unpaired) electrons. The van der Waals surface area contributed by atoms with Crippen LogP contribution in [0.4, 0.5) is 0 Å². The summed E-state index contributed by atoms with van der Waals surface area (Å²) in [6.07, 6.45) is 5.05. The largest absolute Gasteiger partial charge is 0.342 e. The molecule has 20 heavy (non-hydrogen) atoms. The maximum atomic E-state index is 12.2. The minimum Gasteiger partial charge on any atom is -0.342 e. The van der Waals surface area contributed by atoms with Gasteiger partial charge in [-0.3, -0.25) is 4.79 Å². The van der Waals surface area contributed by atoms with Gasteiger partial charge < -0.3 is 15.1 Å². The van der Waals surface area contributed by atoms with E-state index in [1.54, 1.807) is 0 Å². The molecule has 2 saturated heterocycles. The molecule has 1 atom stereocenters. The molecule has 2 aliphatic heterocycles. The Balaban J connectivity index is 0.00000180. The van der Waals surface area contributed by atoms with Crippen molar-refractivity contribution < 1.29 is 4.79 Å². The fourth-order valence-corrected chi connectivity index (χ4v) is 3.26. The third-order valence-electron chi connectivity index (χ3n) is 4.37. The first-order chi connectivity index (χ1) is 8.72. The van der Waals surface area contributed by atoms with Crippen molar-refractivity contribution in [2.45, 2.75) is 38.6 Å². The Labute approximate surface area is 135 Å². The van der Waals surface area contributed by atoms with Crippen molar-refractivity contribution in [1.29, 1.82) is 0 Å². The first-order valence-electron chi connectivity index (χ1n) is 7.40. The number of nitrogens with one attached hydrogen (secondary N) is 1. The predicted octanol–water partition coefficient (Wildman–Crippen LogP) is 1.77. The molecule has 0 bridgehead atoms. The monoisotopic (exact) mass is 325 g/mol. The number of likely N-dealkylation sites (tertiary alicyclic amines) is 2. The highest BCUT2D eigenvalue weighted by Gasteiger charge is 2.29. The van der Waals surface area contributed by atoms with Crippen LogP contribution in [0.1, 0.15) is 32.6 Å². The predicted molar refractivity (Wildman–Crippen MR) is 88.0 cm³/mol. The summed E-state index contributed by atoms with van der Waals surface area (Å²) in [4.78, 5) is 16.9. The van der Waals surface area contributed by atoms with Crippen LogP contribution in [0.5, 0.6) is 0 Å². The Morgan fingerprint density at radius 3 is 2.20 bits per heavy atom. The standard InChI is InChI=1S/C14H27N3O.2ClH/c1-12(11-15-2)14(18)17-9-5-13(6-10-17)16-7-3-4-8-16;;/h12-13,15H,3-11H2,1-2H3;2*1H. The van der Waals surface area contributed by atoms with E-state index in [1.165, 1.54) is 25.9 Å². The molecular formula is C14H29Cl2N3O. The summed E-state index contributed by atoms with van der Waals surface area (Å²) in [5.41, 5.74) is 0. The minimum absolute atomic E-state index is 0. The molecule has 1 amide bonds. The molecule has 4 nitrogen and oxygen atoms in total. The summed E-state index contributed by atoms with van der Waals surface area (Å²) in [5, 5.41) is 3.09. The van der Waals surface area contributed by atoms with Gasteiger partial charge in [0.15, 0.2) is 0 Å². The van der Waals surface area contributed by atoms with Crippen molar-refractivity contribution >= 4 is 30.7 Å². The van der Waals surface area contributed by atoms with Crippen LogP contribution in [0.2, 0.25) is 0 Å². The molecule has 0 aromatic rings. The van der Waals surface area contributed by atoms with Gasteiger partial charge >= 0.3 is 0 Å². The van der Waals surface area contributed by atoms with Gasteiger partial charge in [-0.25, -0.2) is 0 Å². The Hall–Kier alpha value is -0.0300. The Kier molecular flexibility index (Phi) is 9.81. The number of rotatable bonds is 4. The van der Waals surface area contributed by atoms with Crippen molar-refractivity contribution in [3.05, 3.63) is 0 Å². The van der Waals surface area contributed by atoms with Gasteiger partial charge in [0.2, 0.25) is 5.91 Å². The summed E-state index contributed by atoms with van der Waals surface area (Å²) >= 11 is 0. The lowest BCUT2D eigenvalue weighted by molar-refractivity contribution is -0.136. The summed E-state index contributed by atoms with van der Waals surface area (Å²) in [7, 11) is 1.91. The number of piperidine rings is 1. The van der Waals surface area contributed by atoms with Crippen molar-refractivity contribution in [2.24, 2.45) is 5.92 Å². The molecule has 120 valence electrons. The fourth-order valence-electron chi connectivity index (χ4n) is 3.26. The van der Waals surface area contributed by atoms with Gasteiger partial charge in [-0.1, -0.05) is 6.92 Å². The average molecular weight is 326 g/mol. The third-order valence-corrected chi connectivity index (χ3v) is 4.37. The minimum atomic E-state index is 0. The first-order valence-corrected chi connectivity index (χ1v) is 7.40. The Morgan fingerprint density at radius 2 is 1.70 bits per heavy atom. The summed E-state index contributed by atoms with van der Waals surface area (Å²) in [5.74, 6) is 0.433. The molecular weight excluding hydrogens is 297 g/mol. The van der Waals surface area contributed by atoms with Crippen LogP contribution in [0, 0.1) is 5.92 Å². The van der Waals surface area contributed by atoms with Crippen LogP contribution in [-0.4, -0.2) is 61.5 Å². The molecule has 2 aliphatic rings. The summed E-state index contributed by atoms with van der Waals surface area (Å²) in [6, 6.07) is 0.733. The van der Waals surface area contributed by atoms with Crippen LogP contribution in [0.3, 0.4) is 0 Å². The second kappa shape index (κ2) is 9.82. The van der Waals surface area contributed by atoms with E-state index in [0.29, 0.717) is 5.91 Å². The highest BCUT2D eigenvalue weighted by atomic mass is 35.5. The lowest BCUT2D eigenvalue weighted by Gasteiger charge is -2.37. The molecule has 0 saturated carbocycles. The number of nitrogens with zero attached hydrogens (tertiary/aromatic N) is 2. The van der Waals surface area contributed by atoms with Gasteiger partial charge in [-0.15, -0.1) is 24.8 Å². The zero-order valence-electron chi connectivity index (χ0n) is 12.6. The van der Waals surface area contributed by atoms with Crippen molar-refractivity contribution in [1.82, 2.24) is 15.1 Å². The molecule has 0 spiro atoms. The number of amides is 1. The van der Waals surface area contributed by atoms with Crippen LogP contribution in [0.15, 0.2) is 0 Å². The number of halogens is 2. The number of carbonyl (C=O) groups is 1. The van der Waals surface area contributed by atoms with Gasteiger partial charge in [-0.05, 0) is 45.8 Å². The van der Waals surface area contributed by atoms with E-state index in [0.717, 1.165) is 38.5 Å². The smallest absolute Gasteiger partial charge is 0.226 e. The van der Waals surface area contributed by atoms with E-state index in [1.807, 2.05) is 14.0 Å². The van der Waals surface area contributed by atoms with E-state index in [2.05, 4.69) is 15.1 Å². The van der Waals surface area contributed by atoms with E-state index in [9.17, 15) is 4.79 Å². The molecule has 0 aromatic heterocycles. The average Bonchev–Trinajstić information content (AvgIpc) is 2.92. The molecule has 1 unspecified atom stereocenters. The van der Waals surface area contributed by atoms with Crippen LogP contribution in [-0.2, 0) is 4.79 Å². The van der Waals surface area contributed by atoms with Gasteiger partial charge in [0.1, 0.15) is 0 Å². The van der Waals surface area contributed by atoms with Crippen LogP contribution < -0.4 is 5.32 Å². The van der Waals surface area contributed by atoms with Crippen molar-refractivity contribution in [3.63, 3.8) is 0 Å². The van der Waals surface area contributed by atoms with Gasteiger partial charge in [0, 0.05) is 31.6 Å². The third kappa shape index (κ3) is 5.06. The quantitative estimate of drug-likeness (QED) is 0.855. The highest BCUT2D eigenvalue weighted by molar-refractivity contribution is 5.85. The molecule has 0 aromatic carbocycles. The van der Waals surface area contributed by atoms with Crippen molar-refractivity contribution in [3.8, 4) is 0 Å². The van der Waals surface area contributed by atoms with Gasteiger partial charge in [0.25, 0.3) is 0 Å². The molecule has 2 rings (SSSR count). The maximum absolute atomic E-state index is 12.2. The molecule has 1 N–H and O–H groups in total. The molecule has 6 heteroatoms. The van der Waals surface area contributed by atoms with E-state index < -0.39 is 0 Å².